The van der Waals surface area contributed by atoms with Crippen molar-refractivity contribution in [1.82, 2.24) is 0 Å². The molecule has 2 nitrogen and oxygen atoms in total. The second-order valence-corrected chi connectivity index (χ2v) is 5.06. The number of hydrogen-bond donors (Lipinski definition) is 0. The topological polar surface area (TPSA) is 26.3 Å². The molecule has 2 rings (SSSR count). The summed E-state index contributed by atoms with van der Waals surface area (Å²) in [4.78, 5) is 11.5. The van der Waals surface area contributed by atoms with Gasteiger partial charge in [-0.2, -0.15) is 0 Å². The first-order valence-corrected chi connectivity index (χ1v) is 6.06. The Hall–Kier alpha value is -0.150. The Morgan fingerprint density at radius 1 is 1.12 bits per heavy atom. The van der Waals surface area contributed by atoms with Crippen LogP contribution < -0.4 is 4.74 Å². The van der Waals surface area contributed by atoms with Gasteiger partial charge in [-0.25, -0.2) is 0 Å². The van der Waals surface area contributed by atoms with Crippen LogP contribution in [0.3, 0.4) is 0 Å². The van der Waals surface area contributed by atoms with E-state index in [2.05, 4.69) is 0 Å². The largest absolute Gasteiger partial charge is 0.423 e. The van der Waals surface area contributed by atoms with Crippen LogP contribution >= 0.6 is 46.4 Å². The van der Waals surface area contributed by atoms with Gasteiger partial charge in [0.05, 0.1) is 21.0 Å². The Labute approximate surface area is 112 Å². The summed E-state index contributed by atoms with van der Waals surface area (Å²) in [6, 6.07) is 1.40. The Kier molecular flexibility index (Phi) is 3.55. The van der Waals surface area contributed by atoms with Crippen LogP contribution in [0.1, 0.15) is 12.8 Å². The van der Waals surface area contributed by atoms with E-state index in [1.54, 1.807) is 0 Å². The summed E-state index contributed by atoms with van der Waals surface area (Å²) < 4.78 is 5.09. The summed E-state index contributed by atoms with van der Waals surface area (Å²) in [7, 11) is 0. The summed E-state index contributed by atoms with van der Waals surface area (Å²) in [5.74, 6) is -0.293. The fourth-order valence-corrected chi connectivity index (χ4v) is 2.13. The fraction of sp³-hybridized carbons (Fsp3) is 0.300. The third-order valence-corrected chi connectivity index (χ3v) is 3.71. The second-order valence-electron chi connectivity index (χ2n) is 3.49. The molecule has 1 saturated carbocycles. The van der Waals surface area contributed by atoms with Gasteiger partial charge >= 0.3 is 5.97 Å². The lowest BCUT2D eigenvalue weighted by molar-refractivity contribution is -0.135. The predicted octanol–water partition coefficient (Wildman–Crippen LogP) is 4.62. The quantitative estimate of drug-likeness (QED) is 0.345. The second kappa shape index (κ2) is 4.61. The van der Waals surface area contributed by atoms with Crippen molar-refractivity contribution in [1.29, 1.82) is 0 Å². The number of halogens is 4. The van der Waals surface area contributed by atoms with Crippen molar-refractivity contribution in [2.75, 3.05) is 0 Å². The third kappa shape index (κ3) is 2.40. The van der Waals surface area contributed by atoms with E-state index in [0.29, 0.717) is 0 Å². The maximum atomic E-state index is 11.5. The first-order valence-electron chi connectivity index (χ1n) is 4.55. The first-order chi connectivity index (χ1) is 7.50. The smallest absolute Gasteiger partial charge is 0.314 e. The van der Waals surface area contributed by atoms with Crippen molar-refractivity contribution in [3.63, 3.8) is 0 Å². The molecule has 0 heterocycles. The molecule has 0 spiro atoms. The zero-order valence-electron chi connectivity index (χ0n) is 7.90. The van der Waals surface area contributed by atoms with Gasteiger partial charge in [0.2, 0.25) is 0 Å². The van der Waals surface area contributed by atoms with Crippen molar-refractivity contribution in [2.45, 2.75) is 12.8 Å². The first kappa shape index (κ1) is 12.3. The zero-order chi connectivity index (χ0) is 11.9. The Morgan fingerprint density at radius 3 is 2.31 bits per heavy atom. The molecule has 1 aliphatic carbocycles. The van der Waals surface area contributed by atoms with E-state index >= 15 is 0 Å². The average molecular weight is 300 g/mol. The molecule has 0 saturated heterocycles. The lowest BCUT2D eigenvalue weighted by atomic mass is 10.3. The van der Waals surface area contributed by atoms with Gasteiger partial charge in [0.1, 0.15) is 5.02 Å². The third-order valence-electron chi connectivity index (χ3n) is 2.19. The molecule has 1 aromatic carbocycles. The van der Waals surface area contributed by atoms with Gasteiger partial charge in [-0.05, 0) is 18.9 Å². The highest BCUT2D eigenvalue weighted by atomic mass is 35.5. The van der Waals surface area contributed by atoms with Gasteiger partial charge in [0.15, 0.2) is 5.75 Å². The van der Waals surface area contributed by atoms with Crippen molar-refractivity contribution >= 4 is 52.4 Å². The predicted molar refractivity (Wildman–Crippen MR) is 64.8 cm³/mol. The highest BCUT2D eigenvalue weighted by Gasteiger charge is 2.32. The molecule has 0 atom stereocenters. The number of ether oxygens (including phenoxy) is 1. The number of carbonyl (C=O) groups is 1. The van der Waals surface area contributed by atoms with Gasteiger partial charge in [-0.3, -0.25) is 4.79 Å². The van der Waals surface area contributed by atoms with Crippen LogP contribution in [0.15, 0.2) is 6.07 Å². The van der Waals surface area contributed by atoms with Crippen LogP contribution in [-0.2, 0) is 4.79 Å². The molecule has 1 aliphatic rings. The van der Waals surface area contributed by atoms with Gasteiger partial charge in [0, 0.05) is 0 Å². The monoisotopic (exact) mass is 298 g/mol. The minimum absolute atomic E-state index is 0.0402. The molecule has 86 valence electrons. The molecule has 0 unspecified atom stereocenters. The number of esters is 1. The highest BCUT2D eigenvalue weighted by Crippen LogP contribution is 2.43. The molecular formula is C10H6Cl4O2. The maximum absolute atomic E-state index is 11.5. The van der Waals surface area contributed by atoms with E-state index in [-0.39, 0.29) is 37.7 Å². The summed E-state index contributed by atoms with van der Waals surface area (Å²) in [6.07, 6.45) is 1.69. The summed E-state index contributed by atoms with van der Waals surface area (Å²) in [6.45, 7) is 0. The van der Waals surface area contributed by atoms with Gasteiger partial charge in [-0.1, -0.05) is 46.4 Å². The Balaban J connectivity index is 2.32. The fourth-order valence-electron chi connectivity index (χ4n) is 1.15. The highest BCUT2D eigenvalue weighted by molar-refractivity contribution is 6.50. The van der Waals surface area contributed by atoms with Crippen LogP contribution in [0.25, 0.3) is 0 Å². The Morgan fingerprint density at radius 2 is 1.75 bits per heavy atom. The van der Waals surface area contributed by atoms with Gasteiger partial charge < -0.3 is 4.74 Å². The van der Waals surface area contributed by atoms with Gasteiger partial charge in [0.25, 0.3) is 0 Å². The number of hydrogen-bond acceptors (Lipinski definition) is 2. The van der Waals surface area contributed by atoms with Crippen molar-refractivity contribution in [3.05, 3.63) is 26.2 Å². The summed E-state index contributed by atoms with van der Waals surface area (Å²) in [5, 5.41) is 0.593. The lowest BCUT2D eigenvalue weighted by Gasteiger charge is -2.09. The number of carbonyl (C=O) groups excluding carboxylic acids is 1. The molecule has 0 amide bonds. The van der Waals surface area contributed by atoms with E-state index in [0.717, 1.165) is 12.8 Å². The molecule has 0 radical (unpaired) electrons. The SMILES string of the molecule is O=C(Oc1c(Cl)cc(Cl)c(Cl)c1Cl)C1CC1. The molecule has 6 heteroatoms. The maximum Gasteiger partial charge on any atom is 0.314 e. The normalized spacial score (nSPS) is 15.0. The molecule has 1 aromatic rings. The van der Waals surface area contributed by atoms with E-state index < -0.39 is 0 Å². The molecule has 0 bridgehead atoms. The van der Waals surface area contributed by atoms with Crippen molar-refractivity contribution in [3.8, 4) is 5.75 Å². The van der Waals surface area contributed by atoms with E-state index in [1.165, 1.54) is 6.07 Å². The standard InChI is InChI=1S/C10H6Cl4O2/c11-5-3-6(12)9(8(14)7(5)13)16-10(15)4-1-2-4/h3-4H,1-2H2. The molecule has 0 aromatic heterocycles. The molecule has 0 aliphatic heterocycles. The van der Waals surface area contributed by atoms with Crippen LogP contribution in [0.2, 0.25) is 20.1 Å². The molecule has 1 fully saturated rings. The van der Waals surface area contributed by atoms with E-state index in [9.17, 15) is 4.79 Å². The van der Waals surface area contributed by atoms with Crippen LogP contribution in [0, 0.1) is 5.92 Å². The number of rotatable bonds is 2. The summed E-state index contributed by atoms with van der Waals surface area (Å²) in [5.41, 5.74) is 0. The zero-order valence-corrected chi connectivity index (χ0v) is 10.9. The van der Waals surface area contributed by atoms with Gasteiger partial charge in [-0.15, -0.1) is 0 Å². The molecule has 16 heavy (non-hydrogen) atoms. The van der Waals surface area contributed by atoms with E-state index in [4.69, 9.17) is 51.1 Å². The minimum Gasteiger partial charge on any atom is -0.423 e. The number of benzene rings is 1. The minimum atomic E-state index is -0.331. The molecular weight excluding hydrogens is 294 g/mol. The van der Waals surface area contributed by atoms with Crippen LogP contribution in [0.4, 0.5) is 0 Å². The van der Waals surface area contributed by atoms with Crippen LogP contribution in [-0.4, -0.2) is 5.97 Å². The Bertz CT molecular complexity index is 455. The lowest BCUT2D eigenvalue weighted by Crippen LogP contribution is -2.10. The van der Waals surface area contributed by atoms with Crippen molar-refractivity contribution in [2.24, 2.45) is 5.92 Å². The molecule has 0 N–H and O–H groups in total. The summed E-state index contributed by atoms with van der Waals surface area (Å²) >= 11 is 23.3. The van der Waals surface area contributed by atoms with Crippen molar-refractivity contribution < 1.29 is 9.53 Å². The average Bonchev–Trinajstić information content (AvgIpc) is 3.04. The van der Waals surface area contributed by atoms with E-state index in [1.807, 2.05) is 0 Å². The van der Waals surface area contributed by atoms with Crippen LogP contribution in [0.5, 0.6) is 5.75 Å².